The molecule has 0 bridgehead atoms. The van der Waals surface area contributed by atoms with E-state index in [9.17, 15) is 9.90 Å². The van der Waals surface area contributed by atoms with Gasteiger partial charge in [-0.25, -0.2) is 0 Å². The lowest BCUT2D eigenvalue weighted by atomic mass is 9.87. The summed E-state index contributed by atoms with van der Waals surface area (Å²) >= 11 is 0. The summed E-state index contributed by atoms with van der Waals surface area (Å²) in [6.45, 7) is 0.326. The summed E-state index contributed by atoms with van der Waals surface area (Å²) in [7, 11) is 0. The van der Waals surface area contributed by atoms with Gasteiger partial charge in [-0.15, -0.1) is 0 Å². The molecule has 17 heavy (non-hydrogen) atoms. The van der Waals surface area contributed by atoms with E-state index in [-0.39, 0.29) is 18.0 Å². The van der Waals surface area contributed by atoms with Crippen LogP contribution in [0, 0.1) is 5.92 Å². The Morgan fingerprint density at radius 1 is 1.29 bits per heavy atom. The zero-order valence-corrected chi connectivity index (χ0v) is 9.84. The molecule has 0 saturated heterocycles. The molecular weight excluding hydrogens is 216 g/mol. The summed E-state index contributed by atoms with van der Waals surface area (Å²) in [5, 5.41) is 9.51. The Bertz CT molecular complexity index is 361. The molecule has 1 aliphatic carbocycles. The van der Waals surface area contributed by atoms with Crippen molar-refractivity contribution in [3.8, 4) is 0 Å². The van der Waals surface area contributed by atoms with E-state index in [2.05, 4.69) is 0 Å². The van der Waals surface area contributed by atoms with Crippen molar-refractivity contribution in [1.82, 2.24) is 0 Å². The van der Waals surface area contributed by atoms with E-state index in [0.717, 1.165) is 24.8 Å². The zero-order valence-electron chi connectivity index (χ0n) is 9.84. The quantitative estimate of drug-likeness (QED) is 0.816. The summed E-state index contributed by atoms with van der Waals surface area (Å²) in [4.78, 5) is 11.8. The largest absolute Gasteiger partial charge is 0.461 e. The van der Waals surface area contributed by atoms with Gasteiger partial charge >= 0.3 is 5.97 Å². The van der Waals surface area contributed by atoms with Crippen molar-refractivity contribution in [2.24, 2.45) is 5.92 Å². The van der Waals surface area contributed by atoms with Gasteiger partial charge in [-0.05, 0) is 24.8 Å². The average Bonchev–Trinajstić information content (AvgIpc) is 2.37. The zero-order chi connectivity index (χ0) is 12.1. The lowest BCUT2D eigenvalue weighted by Gasteiger charge is -2.24. The summed E-state index contributed by atoms with van der Waals surface area (Å²) in [5.41, 5.74) is 0.997. The Hall–Kier alpha value is -1.35. The molecule has 2 atom stereocenters. The molecule has 3 nitrogen and oxygen atoms in total. The molecule has 0 heterocycles. The minimum Gasteiger partial charge on any atom is -0.461 e. The fourth-order valence-electron chi connectivity index (χ4n) is 2.22. The Kier molecular flexibility index (Phi) is 4.15. The highest BCUT2D eigenvalue weighted by molar-refractivity contribution is 5.72. The predicted octanol–water partition coefficient (Wildman–Crippen LogP) is 2.28. The Morgan fingerprint density at radius 3 is 2.76 bits per heavy atom. The van der Waals surface area contributed by atoms with Gasteiger partial charge < -0.3 is 9.84 Å². The van der Waals surface area contributed by atoms with E-state index >= 15 is 0 Å². The maximum absolute atomic E-state index is 11.8. The molecule has 2 rings (SSSR count). The molecule has 0 amide bonds. The molecule has 1 aromatic rings. The van der Waals surface area contributed by atoms with Crippen molar-refractivity contribution in [1.29, 1.82) is 0 Å². The number of carbonyl (C=O) groups is 1. The van der Waals surface area contributed by atoms with Crippen molar-refractivity contribution >= 4 is 5.97 Å². The fourth-order valence-corrected chi connectivity index (χ4v) is 2.22. The number of aliphatic hydroxyl groups is 1. The molecule has 1 N–H and O–H groups in total. The Labute approximate surface area is 101 Å². The molecule has 0 unspecified atom stereocenters. The molecule has 92 valence electrons. The van der Waals surface area contributed by atoms with Gasteiger partial charge in [0.2, 0.25) is 0 Å². The number of aliphatic hydroxyl groups excluding tert-OH is 1. The third-order valence-corrected chi connectivity index (χ3v) is 3.20. The number of ether oxygens (including phenoxy) is 1. The van der Waals surface area contributed by atoms with Crippen molar-refractivity contribution in [3.63, 3.8) is 0 Å². The van der Waals surface area contributed by atoms with Gasteiger partial charge in [-0.3, -0.25) is 4.79 Å². The van der Waals surface area contributed by atoms with E-state index in [1.54, 1.807) is 0 Å². The highest BCUT2D eigenvalue weighted by Crippen LogP contribution is 2.25. The third-order valence-electron chi connectivity index (χ3n) is 3.20. The molecule has 1 aliphatic rings. The molecule has 1 fully saturated rings. The highest BCUT2D eigenvalue weighted by atomic mass is 16.5. The highest BCUT2D eigenvalue weighted by Gasteiger charge is 2.27. The molecule has 0 aromatic heterocycles. The lowest BCUT2D eigenvalue weighted by Crippen LogP contribution is -2.27. The summed E-state index contributed by atoms with van der Waals surface area (Å²) in [6.07, 6.45) is 2.77. The van der Waals surface area contributed by atoms with Crippen molar-refractivity contribution < 1.29 is 14.6 Å². The van der Waals surface area contributed by atoms with Gasteiger partial charge in [-0.1, -0.05) is 36.8 Å². The van der Waals surface area contributed by atoms with E-state index < -0.39 is 0 Å². The van der Waals surface area contributed by atoms with Crippen LogP contribution in [0.3, 0.4) is 0 Å². The molecule has 3 heteroatoms. The number of benzene rings is 1. The fraction of sp³-hybridized carbons (Fsp3) is 0.500. The Balaban J connectivity index is 1.81. The minimum absolute atomic E-state index is 0.123. The minimum atomic E-state index is -0.335. The van der Waals surface area contributed by atoms with Crippen LogP contribution in [0.1, 0.15) is 31.2 Å². The number of hydrogen-bond acceptors (Lipinski definition) is 3. The van der Waals surface area contributed by atoms with Gasteiger partial charge in [0.1, 0.15) is 6.61 Å². The van der Waals surface area contributed by atoms with Crippen LogP contribution in [0.15, 0.2) is 30.3 Å². The number of esters is 1. The molecular formula is C14H18O3. The number of hydrogen-bond donors (Lipinski definition) is 1. The smallest absolute Gasteiger partial charge is 0.309 e. The van der Waals surface area contributed by atoms with Crippen molar-refractivity contribution in [2.75, 3.05) is 0 Å². The third kappa shape index (κ3) is 3.56. The molecule has 1 saturated carbocycles. The van der Waals surface area contributed by atoms with Gasteiger partial charge in [0.25, 0.3) is 0 Å². The van der Waals surface area contributed by atoms with E-state index in [1.165, 1.54) is 0 Å². The second-order valence-electron chi connectivity index (χ2n) is 4.61. The topological polar surface area (TPSA) is 46.5 Å². The maximum atomic E-state index is 11.8. The first-order valence-electron chi connectivity index (χ1n) is 6.14. The van der Waals surface area contributed by atoms with Gasteiger partial charge in [0.05, 0.1) is 12.0 Å². The standard InChI is InChI=1S/C14H18O3/c15-13-8-4-7-12(9-13)14(16)17-10-11-5-2-1-3-6-11/h1-3,5-6,12-13,15H,4,7-10H2/t12-,13-/m1/s1. The second-order valence-corrected chi connectivity index (χ2v) is 4.61. The summed E-state index contributed by atoms with van der Waals surface area (Å²) < 4.78 is 5.27. The van der Waals surface area contributed by atoms with E-state index in [0.29, 0.717) is 13.0 Å². The van der Waals surface area contributed by atoms with Crippen LogP contribution in [0.5, 0.6) is 0 Å². The monoisotopic (exact) mass is 234 g/mol. The normalized spacial score (nSPS) is 24.3. The first-order chi connectivity index (χ1) is 8.25. The van der Waals surface area contributed by atoms with Crippen LogP contribution in [0.25, 0.3) is 0 Å². The predicted molar refractivity (Wildman–Crippen MR) is 64.2 cm³/mol. The summed E-state index contributed by atoms with van der Waals surface area (Å²) in [5.74, 6) is -0.296. The maximum Gasteiger partial charge on any atom is 0.309 e. The van der Waals surface area contributed by atoms with Crippen molar-refractivity contribution in [3.05, 3.63) is 35.9 Å². The van der Waals surface area contributed by atoms with Gasteiger partial charge in [0, 0.05) is 0 Å². The summed E-state index contributed by atoms with van der Waals surface area (Å²) in [6, 6.07) is 9.65. The number of rotatable bonds is 3. The average molecular weight is 234 g/mol. The van der Waals surface area contributed by atoms with Gasteiger partial charge in [0.15, 0.2) is 0 Å². The number of carbonyl (C=O) groups excluding carboxylic acids is 1. The molecule has 0 radical (unpaired) electrons. The van der Waals surface area contributed by atoms with Crippen LogP contribution in [0.2, 0.25) is 0 Å². The molecule has 0 spiro atoms. The second kappa shape index (κ2) is 5.82. The molecule has 0 aliphatic heterocycles. The van der Waals surface area contributed by atoms with E-state index in [1.807, 2.05) is 30.3 Å². The first kappa shape index (κ1) is 12.1. The first-order valence-corrected chi connectivity index (χ1v) is 6.14. The van der Waals surface area contributed by atoms with Crippen LogP contribution in [-0.2, 0) is 16.1 Å². The Morgan fingerprint density at radius 2 is 2.06 bits per heavy atom. The molecule has 1 aromatic carbocycles. The van der Waals surface area contributed by atoms with E-state index in [4.69, 9.17) is 4.74 Å². The van der Waals surface area contributed by atoms with Crippen LogP contribution >= 0.6 is 0 Å². The van der Waals surface area contributed by atoms with Crippen molar-refractivity contribution in [2.45, 2.75) is 38.4 Å². The SMILES string of the molecule is O=C(OCc1ccccc1)[C@@H]1CCC[C@@H](O)C1. The van der Waals surface area contributed by atoms with Crippen LogP contribution in [-0.4, -0.2) is 17.2 Å². The lowest BCUT2D eigenvalue weighted by molar-refractivity contribution is -0.152. The van der Waals surface area contributed by atoms with Crippen LogP contribution in [0.4, 0.5) is 0 Å². The van der Waals surface area contributed by atoms with Crippen LogP contribution < -0.4 is 0 Å². The van der Waals surface area contributed by atoms with Gasteiger partial charge in [-0.2, -0.15) is 0 Å².